The van der Waals surface area contributed by atoms with Gasteiger partial charge in [0.2, 0.25) is 0 Å². The standard InChI is InChI=1S/C16H22BrN3O/c1-3-14(11-18)20-8-6-19(7-9-20)12-13-4-5-16(21-2)15(17)10-13/h4-5,10,14H,3,6-9,12H2,1-2H3. The van der Waals surface area contributed by atoms with E-state index in [1.165, 1.54) is 5.56 Å². The fourth-order valence-electron chi connectivity index (χ4n) is 2.73. The maximum absolute atomic E-state index is 9.14. The highest BCUT2D eigenvalue weighted by molar-refractivity contribution is 9.10. The Balaban J connectivity index is 1.89. The number of rotatable bonds is 5. The summed E-state index contributed by atoms with van der Waals surface area (Å²) in [5.41, 5.74) is 1.28. The van der Waals surface area contributed by atoms with Crippen LogP contribution in [0, 0.1) is 11.3 Å². The van der Waals surface area contributed by atoms with Crippen LogP contribution in [0.3, 0.4) is 0 Å². The van der Waals surface area contributed by atoms with Crippen LogP contribution in [-0.4, -0.2) is 49.1 Å². The first-order valence-corrected chi connectivity index (χ1v) is 8.15. The van der Waals surface area contributed by atoms with Crippen molar-refractivity contribution in [3.8, 4) is 11.8 Å². The summed E-state index contributed by atoms with van der Waals surface area (Å²) in [7, 11) is 1.68. The third kappa shape index (κ3) is 4.19. The number of methoxy groups -OCH3 is 1. The summed E-state index contributed by atoms with van der Waals surface area (Å²) in [5, 5.41) is 9.14. The Morgan fingerprint density at radius 3 is 2.57 bits per heavy atom. The number of piperazine rings is 1. The molecule has 1 aliphatic heterocycles. The molecule has 1 aliphatic rings. The van der Waals surface area contributed by atoms with Crippen molar-refractivity contribution in [2.75, 3.05) is 33.3 Å². The summed E-state index contributed by atoms with van der Waals surface area (Å²) in [4.78, 5) is 4.73. The van der Waals surface area contributed by atoms with Crippen molar-refractivity contribution in [1.29, 1.82) is 5.26 Å². The molecule has 0 spiro atoms. The van der Waals surface area contributed by atoms with E-state index in [2.05, 4.69) is 50.9 Å². The van der Waals surface area contributed by atoms with Crippen LogP contribution in [0.1, 0.15) is 18.9 Å². The van der Waals surface area contributed by atoms with Gasteiger partial charge in [0.1, 0.15) is 5.75 Å². The van der Waals surface area contributed by atoms with Crippen LogP contribution in [0.5, 0.6) is 5.75 Å². The van der Waals surface area contributed by atoms with Gasteiger partial charge in [0.25, 0.3) is 0 Å². The first-order chi connectivity index (χ1) is 10.2. The number of hydrogen-bond donors (Lipinski definition) is 0. The quantitative estimate of drug-likeness (QED) is 0.817. The van der Waals surface area contributed by atoms with Crippen molar-refractivity contribution in [2.45, 2.75) is 25.9 Å². The Morgan fingerprint density at radius 2 is 2.05 bits per heavy atom. The summed E-state index contributed by atoms with van der Waals surface area (Å²) in [6.07, 6.45) is 0.905. The van der Waals surface area contributed by atoms with E-state index in [9.17, 15) is 0 Å². The maximum Gasteiger partial charge on any atom is 0.133 e. The van der Waals surface area contributed by atoms with E-state index < -0.39 is 0 Å². The first-order valence-electron chi connectivity index (χ1n) is 7.36. The number of nitrogens with zero attached hydrogens (tertiary/aromatic N) is 3. The number of nitriles is 1. The van der Waals surface area contributed by atoms with Gasteiger partial charge in [0.15, 0.2) is 0 Å². The van der Waals surface area contributed by atoms with Crippen molar-refractivity contribution in [1.82, 2.24) is 9.80 Å². The maximum atomic E-state index is 9.14. The normalized spacial score (nSPS) is 18.2. The largest absolute Gasteiger partial charge is 0.496 e. The molecule has 21 heavy (non-hydrogen) atoms. The highest BCUT2D eigenvalue weighted by Gasteiger charge is 2.22. The second kappa shape index (κ2) is 7.79. The molecule has 1 saturated heterocycles. The fraction of sp³-hybridized carbons (Fsp3) is 0.562. The molecule has 4 nitrogen and oxygen atoms in total. The monoisotopic (exact) mass is 351 g/mol. The second-order valence-corrected chi connectivity index (χ2v) is 6.19. The lowest BCUT2D eigenvalue weighted by Crippen LogP contribution is -2.49. The van der Waals surface area contributed by atoms with Gasteiger partial charge in [-0.2, -0.15) is 5.26 Å². The minimum absolute atomic E-state index is 0.0716. The lowest BCUT2D eigenvalue weighted by Gasteiger charge is -2.36. The zero-order valence-corrected chi connectivity index (χ0v) is 14.3. The third-order valence-electron chi connectivity index (χ3n) is 4.01. The van der Waals surface area contributed by atoms with Crippen molar-refractivity contribution >= 4 is 15.9 Å². The molecular weight excluding hydrogens is 330 g/mol. The molecule has 1 atom stereocenters. The van der Waals surface area contributed by atoms with Gasteiger partial charge in [-0.25, -0.2) is 0 Å². The Kier molecular flexibility index (Phi) is 6.04. The second-order valence-electron chi connectivity index (χ2n) is 5.33. The van der Waals surface area contributed by atoms with Crippen LogP contribution >= 0.6 is 15.9 Å². The van der Waals surface area contributed by atoms with Gasteiger partial charge in [-0.1, -0.05) is 13.0 Å². The molecule has 0 N–H and O–H groups in total. The molecule has 114 valence electrons. The molecule has 0 aliphatic carbocycles. The Bertz CT molecular complexity index is 507. The predicted octanol–water partition coefficient (Wildman–Crippen LogP) is 2.88. The van der Waals surface area contributed by atoms with E-state index in [4.69, 9.17) is 10.00 Å². The number of hydrogen-bond acceptors (Lipinski definition) is 4. The fourth-order valence-corrected chi connectivity index (χ4v) is 3.32. The molecule has 1 heterocycles. The van der Waals surface area contributed by atoms with Gasteiger partial charge >= 0.3 is 0 Å². The van der Waals surface area contributed by atoms with Gasteiger partial charge in [-0.15, -0.1) is 0 Å². The molecule has 1 unspecified atom stereocenters. The summed E-state index contributed by atoms with van der Waals surface area (Å²) in [6.45, 7) is 7.01. The molecule has 1 aromatic rings. The Morgan fingerprint density at radius 1 is 1.33 bits per heavy atom. The summed E-state index contributed by atoms with van der Waals surface area (Å²) in [5.74, 6) is 0.864. The molecule has 2 rings (SSSR count). The van der Waals surface area contributed by atoms with Crippen LogP contribution in [0.2, 0.25) is 0 Å². The van der Waals surface area contributed by atoms with Crippen LogP contribution in [0.25, 0.3) is 0 Å². The van der Waals surface area contributed by atoms with E-state index in [0.717, 1.165) is 49.4 Å². The van der Waals surface area contributed by atoms with E-state index in [0.29, 0.717) is 0 Å². The lowest BCUT2D eigenvalue weighted by molar-refractivity contribution is 0.108. The SMILES string of the molecule is CCC(C#N)N1CCN(Cc2ccc(OC)c(Br)c2)CC1. The number of halogens is 1. The summed E-state index contributed by atoms with van der Waals surface area (Å²) >= 11 is 3.53. The zero-order chi connectivity index (χ0) is 15.2. The zero-order valence-electron chi connectivity index (χ0n) is 12.7. The van der Waals surface area contributed by atoms with Gasteiger partial charge in [0, 0.05) is 32.7 Å². The third-order valence-corrected chi connectivity index (χ3v) is 4.63. The Labute approximate surface area is 135 Å². The van der Waals surface area contributed by atoms with Gasteiger partial charge < -0.3 is 4.74 Å². The predicted molar refractivity (Wildman–Crippen MR) is 87.2 cm³/mol. The van der Waals surface area contributed by atoms with Crippen molar-refractivity contribution in [3.63, 3.8) is 0 Å². The van der Waals surface area contributed by atoms with Gasteiger partial charge in [-0.05, 0) is 40.0 Å². The molecule has 1 aromatic carbocycles. The number of ether oxygens (including phenoxy) is 1. The summed E-state index contributed by atoms with van der Waals surface area (Å²) < 4.78 is 6.25. The van der Waals surface area contributed by atoms with E-state index >= 15 is 0 Å². The van der Waals surface area contributed by atoms with Gasteiger partial charge in [-0.3, -0.25) is 9.80 Å². The average molecular weight is 352 g/mol. The average Bonchev–Trinajstić information content (AvgIpc) is 2.50. The number of benzene rings is 1. The minimum atomic E-state index is 0.0716. The first kappa shape index (κ1) is 16.3. The molecular formula is C16H22BrN3O. The smallest absolute Gasteiger partial charge is 0.133 e. The molecule has 0 bridgehead atoms. The van der Waals surface area contributed by atoms with Crippen LogP contribution in [0.4, 0.5) is 0 Å². The van der Waals surface area contributed by atoms with Crippen molar-refractivity contribution in [2.24, 2.45) is 0 Å². The highest BCUT2D eigenvalue weighted by Crippen LogP contribution is 2.26. The van der Waals surface area contributed by atoms with Crippen LogP contribution in [0.15, 0.2) is 22.7 Å². The summed E-state index contributed by atoms with van der Waals surface area (Å²) in [6, 6.07) is 8.70. The highest BCUT2D eigenvalue weighted by atomic mass is 79.9. The van der Waals surface area contributed by atoms with E-state index in [1.54, 1.807) is 7.11 Å². The Hall–Kier alpha value is -1.09. The van der Waals surface area contributed by atoms with Crippen molar-refractivity contribution < 1.29 is 4.74 Å². The minimum Gasteiger partial charge on any atom is -0.496 e. The molecule has 0 aromatic heterocycles. The molecule has 0 radical (unpaired) electrons. The van der Waals surface area contributed by atoms with Crippen LogP contribution < -0.4 is 4.74 Å². The molecule has 1 fully saturated rings. The van der Waals surface area contributed by atoms with Crippen molar-refractivity contribution in [3.05, 3.63) is 28.2 Å². The molecule has 0 amide bonds. The van der Waals surface area contributed by atoms with Crippen LogP contribution in [-0.2, 0) is 6.54 Å². The topological polar surface area (TPSA) is 39.5 Å². The van der Waals surface area contributed by atoms with E-state index in [1.807, 2.05) is 6.07 Å². The lowest BCUT2D eigenvalue weighted by atomic mass is 10.1. The molecule has 5 heteroatoms. The molecule has 0 saturated carbocycles. The van der Waals surface area contributed by atoms with Gasteiger partial charge in [0.05, 0.1) is 23.7 Å². The van der Waals surface area contributed by atoms with E-state index in [-0.39, 0.29) is 6.04 Å².